The summed E-state index contributed by atoms with van der Waals surface area (Å²) in [5.74, 6) is 0.533. The van der Waals surface area contributed by atoms with Crippen molar-refractivity contribution in [3.05, 3.63) is 78.5 Å². The van der Waals surface area contributed by atoms with Crippen molar-refractivity contribution in [3.63, 3.8) is 0 Å². The fourth-order valence-corrected chi connectivity index (χ4v) is 3.54. The van der Waals surface area contributed by atoms with Crippen molar-refractivity contribution in [1.82, 2.24) is 34.5 Å². The Balaban J connectivity index is 1.69. The Morgan fingerprint density at radius 3 is 2.73 bits per heavy atom. The molecular formula is C23H18N10. The number of anilines is 2. The van der Waals surface area contributed by atoms with Gasteiger partial charge in [-0.15, -0.1) is 5.10 Å². The van der Waals surface area contributed by atoms with Crippen molar-refractivity contribution in [2.24, 2.45) is 0 Å². The van der Waals surface area contributed by atoms with Crippen molar-refractivity contribution >= 4 is 17.5 Å². The molecular weight excluding hydrogens is 416 g/mol. The fraction of sp³-hybridized carbons (Fsp3) is 0.0870. The SMILES string of the molecule is CC(Nc1nc2c(-c3ccncn3)c(-c3cccc(C#N)c3)nc(N)n2n1)c1ccccn1. The average molecular weight is 434 g/mol. The van der Waals surface area contributed by atoms with Crippen LogP contribution >= 0.6 is 0 Å². The second-order valence-corrected chi connectivity index (χ2v) is 7.27. The third kappa shape index (κ3) is 3.79. The van der Waals surface area contributed by atoms with E-state index >= 15 is 0 Å². The number of aromatic nitrogens is 7. The third-order valence-corrected chi connectivity index (χ3v) is 5.09. The first-order chi connectivity index (χ1) is 16.1. The number of nitrogens with one attached hydrogen (secondary N) is 1. The molecule has 160 valence electrons. The monoisotopic (exact) mass is 434 g/mol. The van der Waals surface area contributed by atoms with Gasteiger partial charge in [-0.1, -0.05) is 18.2 Å². The zero-order valence-corrected chi connectivity index (χ0v) is 17.6. The van der Waals surface area contributed by atoms with Gasteiger partial charge in [0, 0.05) is 18.0 Å². The van der Waals surface area contributed by atoms with E-state index in [0.717, 1.165) is 11.3 Å². The highest BCUT2D eigenvalue weighted by molar-refractivity contribution is 5.89. The van der Waals surface area contributed by atoms with Crippen LogP contribution in [0.3, 0.4) is 0 Å². The number of pyridine rings is 1. The largest absolute Gasteiger partial charge is 0.368 e. The van der Waals surface area contributed by atoms with Crippen LogP contribution in [0.1, 0.15) is 24.2 Å². The van der Waals surface area contributed by atoms with E-state index in [1.807, 2.05) is 31.2 Å². The molecule has 1 unspecified atom stereocenters. The van der Waals surface area contributed by atoms with Crippen LogP contribution in [-0.4, -0.2) is 34.5 Å². The Kier molecular flexibility index (Phi) is 5.04. The van der Waals surface area contributed by atoms with Crippen LogP contribution < -0.4 is 11.1 Å². The fourth-order valence-electron chi connectivity index (χ4n) is 3.54. The van der Waals surface area contributed by atoms with Gasteiger partial charge in [0.1, 0.15) is 6.33 Å². The molecule has 0 radical (unpaired) electrons. The molecule has 0 bridgehead atoms. The maximum atomic E-state index is 9.35. The number of nitriles is 1. The number of benzene rings is 1. The lowest BCUT2D eigenvalue weighted by Crippen LogP contribution is -2.09. The minimum Gasteiger partial charge on any atom is -0.368 e. The smallest absolute Gasteiger partial charge is 0.243 e. The molecule has 0 fully saturated rings. The highest BCUT2D eigenvalue weighted by atomic mass is 15.4. The summed E-state index contributed by atoms with van der Waals surface area (Å²) in [6.07, 6.45) is 4.83. The number of fused-ring (bicyclic) bond motifs is 1. The predicted octanol–water partition coefficient (Wildman–Crippen LogP) is 3.27. The zero-order valence-electron chi connectivity index (χ0n) is 17.6. The Hall–Kier alpha value is -4.91. The summed E-state index contributed by atoms with van der Waals surface area (Å²) < 4.78 is 1.47. The molecule has 3 N–H and O–H groups in total. The van der Waals surface area contributed by atoms with Gasteiger partial charge in [0.25, 0.3) is 0 Å². The maximum Gasteiger partial charge on any atom is 0.243 e. The van der Waals surface area contributed by atoms with Crippen LogP contribution in [0.2, 0.25) is 0 Å². The minimum absolute atomic E-state index is 0.132. The quantitative estimate of drug-likeness (QED) is 0.426. The summed E-state index contributed by atoms with van der Waals surface area (Å²) in [4.78, 5) is 22.1. The van der Waals surface area contributed by atoms with Crippen molar-refractivity contribution < 1.29 is 0 Å². The summed E-state index contributed by atoms with van der Waals surface area (Å²) in [6, 6.07) is 16.6. The Morgan fingerprint density at radius 2 is 1.97 bits per heavy atom. The van der Waals surface area contributed by atoms with Gasteiger partial charge in [0.2, 0.25) is 11.9 Å². The van der Waals surface area contributed by atoms with Gasteiger partial charge in [-0.2, -0.15) is 14.8 Å². The van der Waals surface area contributed by atoms with Crippen LogP contribution in [0.4, 0.5) is 11.9 Å². The van der Waals surface area contributed by atoms with E-state index in [1.54, 1.807) is 36.7 Å². The molecule has 0 amide bonds. The highest BCUT2D eigenvalue weighted by Crippen LogP contribution is 2.34. The van der Waals surface area contributed by atoms with E-state index in [1.165, 1.54) is 10.8 Å². The second kappa shape index (κ2) is 8.32. The summed E-state index contributed by atoms with van der Waals surface area (Å²) in [5.41, 5.74) is 10.6. The first kappa shape index (κ1) is 20.0. The number of hydrogen-bond donors (Lipinski definition) is 2. The molecule has 5 aromatic rings. The average Bonchev–Trinajstić information content (AvgIpc) is 3.29. The van der Waals surface area contributed by atoms with Crippen molar-refractivity contribution in [2.75, 3.05) is 11.1 Å². The van der Waals surface area contributed by atoms with Crippen molar-refractivity contribution in [1.29, 1.82) is 5.26 Å². The third-order valence-electron chi connectivity index (χ3n) is 5.09. The van der Waals surface area contributed by atoms with Gasteiger partial charge < -0.3 is 11.1 Å². The molecule has 4 aromatic heterocycles. The molecule has 1 aromatic carbocycles. The maximum absolute atomic E-state index is 9.35. The number of rotatable bonds is 5. The van der Waals surface area contributed by atoms with Gasteiger partial charge in [-0.3, -0.25) is 4.98 Å². The summed E-state index contributed by atoms with van der Waals surface area (Å²) >= 11 is 0. The van der Waals surface area contributed by atoms with Crippen molar-refractivity contribution in [3.8, 4) is 28.6 Å². The standard InChI is InChI=1S/C23H18N10/c1-14(17-7-2-3-9-27-17)29-23-31-21-19(18-8-10-26-13-28-18)20(30-22(25)33(21)32-23)16-6-4-5-15(11-16)12-24/h2-11,13-14H,1H3,(H2,25,30)(H,29,32). The van der Waals surface area contributed by atoms with E-state index in [9.17, 15) is 5.26 Å². The van der Waals surface area contributed by atoms with Gasteiger partial charge >= 0.3 is 0 Å². The zero-order chi connectivity index (χ0) is 22.8. The molecule has 33 heavy (non-hydrogen) atoms. The molecule has 0 saturated carbocycles. The lowest BCUT2D eigenvalue weighted by Gasteiger charge is -2.11. The molecule has 1 atom stereocenters. The molecule has 10 heteroatoms. The van der Waals surface area contributed by atoms with Crippen LogP contribution in [0.25, 0.3) is 28.2 Å². The topological polar surface area (TPSA) is 144 Å². The number of hydrogen-bond acceptors (Lipinski definition) is 9. The van der Waals surface area contributed by atoms with Crippen LogP contribution in [0.5, 0.6) is 0 Å². The van der Waals surface area contributed by atoms with E-state index in [-0.39, 0.29) is 12.0 Å². The molecule has 4 heterocycles. The van der Waals surface area contributed by atoms with E-state index in [4.69, 9.17) is 10.7 Å². The van der Waals surface area contributed by atoms with Gasteiger partial charge in [-0.05, 0) is 37.3 Å². The predicted molar refractivity (Wildman–Crippen MR) is 123 cm³/mol. The highest BCUT2D eigenvalue weighted by Gasteiger charge is 2.21. The minimum atomic E-state index is -0.132. The Bertz CT molecular complexity index is 1470. The van der Waals surface area contributed by atoms with Gasteiger partial charge in [0.05, 0.1) is 40.3 Å². The van der Waals surface area contributed by atoms with Crippen molar-refractivity contribution in [2.45, 2.75) is 13.0 Å². The summed E-state index contributed by atoms with van der Waals surface area (Å²) in [5, 5.41) is 17.1. The van der Waals surface area contributed by atoms with Crippen LogP contribution in [0, 0.1) is 11.3 Å². The molecule has 0 saturated heterocycles. The normalized spacial score (nSPS) is 11.8. The Morgan fingerprint density at radius 1 is 1.06 bits per heavy atom. The molecule has 0 spiro atoms. The van der Waals surface area contributed by atoms with Crippen LogP contribution in [0.15, 0.2) is 67.3 Å². The number of nitrogens with two attached hydrogens (primary N) is 1. The first-order valence-corrected chi connectivity index (χ1v) is 10.1. The summed E-state index contributed by atoms with van der Waals surface area (Å²) in [6.45, 7) is 1.97. The first-order valence-electron chi connectivity index (χ1n) is 10.1. The lowest BCUT2D eigenvalue weighted by molar-refractivity contribution is 0.817. The van der Waals surface area contributed by atoms with E-state index in [0.29, 0.717) is 34.1 Å². The molecule has 0 aliphatic heterocycles. The second-order valence-electron chi connectivity index (χ2n) is 7.27. The number of nitrogen functional groups attached to an aromatic ring is 1. The summed E-state index contributed by atoms with van der Waals surface area (Å²) in [7, 11) is 0. The molecule has 0 aliphatic rings. The molecule has 10 nitrogen and oxygen atoms in total. The lowest BCUT2D eigenvalue weighted by atomic mass is 10.0. The van der Waals surface area contributed by atoms with Gasteiger partial charge in [-0.25, -0.2) is 15.0 Å². The van der Waals surface area contributed by atoms with Gasteiger partial charge in [0.15, 0.2) is 5.65 Å². The number of nitrogens with zero attached hydrogens (tertiary/aromatic N) is 8. The van der Waals surface area contributed by atoms with E-state index < -0.39 is 0 Å². The molecule has 0 aliphatic carbocycles. The van der Waals surface area contributed by atoms with Crippen LogP contribution in [-0.2, 0) is 0 Å². The molecule has 5 rings (SSSR count). The Labute approximate surface area is 188 Å². The van der Waals surface area contributed by atoms with E-state index in [2.05, 4.69) is 36.4 Å².